The van der Waals surface area contributed by atoms with Gasteiger partial charge in [0.1, 0.15) is 0 Å². The number of anilines is 1. The number of halogens is 1. The van der Waals surface area contributed by atoms with E-state index in [0.29, 0.717) is 22.2 Å². The second kappa shape index (κ2) is 8.14. The van der Waals surface area contributed by atoms with Crippen LogP contribution in [-0.2, 0) is 11.2 Å². The summed E-state index contributed by atoms with van der Waals surface area (Å²) < 4.78 is 12.6. The lowest BCUT2D eigenvalue weighted by Gasteiger charge is -2.08. The van der Waals surface area contributed by atoms with Crippen molar-refractivity contribution in [2.45, 2.75) is 6.42 Å². The topological polar surface area (TPSA) is 64.9 Å². The number of nitrogens with one attached hydrogen (secondary N) is 1. The van der Waals surface area contributed by atoms with E-state index in [9.17, 15) is 4.79 Å². The molecule has 1 N–H and O–H groups in total. The number of imidazole rings is 1. The Balaban J connectivity index is 1.57. The summed E-state index contributed by atoms with van der Waals surface area (Å²) in [5, 5.41) is 5.39. The van der Waals surface area contributed by atoms with Crippen LogP contribution >= 0.6 is 22.9 Å². The third kappa shape index (κ3) is 4.06. The summed E-state index contributed by atoms with van der Waals surface area (Å²) in [6.07, 6.45) is 2.16. The van der Waals surface area contributed by atoms with E-state index in [2.05, 4.69) is 10.3 Å². The van der Waals surface area contributed by atoms with Gasteiger partial charge in [0, 0.05) is 33.5 Å². The highest BCUT2D eigenvalue weighted by atomic mass is 35.5. The lowest BCUT2D eigenvalue weighted by Crippen LogP contribution is -2.15. The van der Waals surface area contributed by atoms with Gasteiger partial charge in [0.05, 0.1) is 26.3 Å². The zero-order chi connectivity index (χ0) is 20.4. The first kappa shape index (κ1) is 19.3. The molecular weight excluding hydrogens is 410 g/mol. The second-order valence-electron chi connectivity index (χ2n) is 6.31. The Morgan fingerprint density at radius 1 is 1.17 bits per heavy atom. The zero-order valence-corrected chi connectivity index (χ0v) is 17.4. The van der Waals surface area contributed by atoms with Crippen molar-refractivity contribution in [2.24, 2.45) is 0 Å². The van der Waals surface area contributed by atoms with Crippen LogP contribution in [0.4, 0.5) is 5.69 Å². The van der Waals surface area contributed by atoms with Gasteiger partial charge in [-0.05, 0) is 36.4 Å². The molecule has 0 aliphatic heterocycles. The van der Waals surface area contributed by atoms with Crippen molar-refractivity contribution in [2.75, 3.05) is 19.5 Å². The highest BCUT2D eigenvalue weighted by molar-refractivity contribution is 7.15. The Kier molecular flexibility index (Phi) is 5.42. The minimum absolute atomic E-state index is 0.117. The molecule has 6 nitrogen and oxygen atoms in total. The molecule has 8 heteroatoms. The van der Waals surface area contributed by atoms with Crippen LogP contribution in [-0.4, -0.2) is 29.5 Å². The SMILES string of the molecule is COc1ccc(-c2cn3c(CC(=O)Nc4cccc(Cl)c4)csc3n2)cc1OC. The molecule has 0 aliphatic rings. The van der Waals surface area contributed by atoms with Crippen LogP contribution in [0, 0.1) is 0 Å². The van der Waals surface area contributed by atoms with E-state index in [-0.39, 0.29) is 12.3 Å². The van der Waals surface area contributed by atoms with E-state index in [1.807, 2.05) is 34.2 Å². The van der Waals surface area contributed by atoms with Crippen LogP contribution in [0.5, 0.6) is 11.5 Å². The number of rotatable bonds is 6. The molecule has 0 saturated carbocycles. The molecule has 1 amide bonds. The smallest absolute Gasteiger partial charge is 0.230 e. The molecular formula is C21H18ClN3O3S. The number of amides is 1. The number of nitrogens with zero attached hydrogens (tertiary/aromatic N) is 2. The first-order valence-corrected chi connectivity index (χ1v) is 10.1. The van der Waals surface area contributed by atoms with Crippen LogP contribution in [0.2, 0.25) is 5.02 Å². The lowest BCUT2D eigenvalue weighted by atomic mass is 10.1. The summed E-state index contributed by atoms with van der Waals surface area (Å²) in [5.41, 5.74) is 3.25. The highest BCUT2D eigenvalue weighted by Crippen LogP contribution is 2.32. The molecule has 0 fully saturated rings. The second-order valence-corrected chi connectivity index (χ2v) is 7.58. The molecule has 29 heavy (non-hydrogen) atoms. The van der Waals surface area contributed by atoms with Crippen LogP contribution in [0.25, 0.3) is 16.2 Å². The maximum atomic E-state index is 12.5. The minimum Gasteiger partial charge on any atom is -0.493 e. The van der Waals surface area contributed by atoms with Crippen molar-refractivity contribution in [1.82, 2.24) is 9.38 Å². The molecule has 0 bridgehead atoms. The average molecular weight is 428 g/mol. The Morgan fingerprint density at radius 2 is 2.00 bits per heavy atom. The Morgan fingerprint density at radius 3 is 2.76 bits per heavy atom. The molecule has 2 aromatic heterocycles. The number of thiazole rings is 1. The first-order valence-electron chi connectivity index (χ1n) is 8.80. The van der Waals surface area contributed by atoms with E-state index >= 15 is 0 Å². The van der Waals surface area contributed by atoms with Gasteiger partial charge in [-0.15, -0.1) is 11.3 Å². The number of ether oxygens (including phenoxy) is 2. The monoisotopic (exact) mass is 427 g/mol. The fourth-order valence-electron chi connectivity index (χ4n) is 3.03. The van der Waals surface area contributed by atoms with Crippen molar-refractivity contribution >= 4 is 39.5 Å². The number of benzene rings is 2. The Bertz CT molecular complexity index is 1190. The van der Waals surface area contributed by atoms with Crippen LogP contribution in [0.1, 0.15) is 5.69 Å². The van der Waals surface area contributed by atoms with Crippen molar-refractivity contribution < 1.29 is 14.3 Å². The van der Waals surface area contributed by atoms with Gasteiger partial charge < -0.3 is 14.8 Å². The van der Waals surface area contributed by atoms with Crippen LogP contribution in [0.3, 0.4) is 0 Å². The summed E-state index contributed by atoms with van der Waals surface area (Å²) in [5.74, 6) is 1.19. The lowest BCUT2D eigenvalue weighted by molar-refractivity contribution is -0.115. The van der Waals surface area contributed by atoms with E-state index in [4.69, 9.17) is 21.1 Å². The third-order valence-electron chi connectivity index (χ3n) is 4.41. The maximum Gasteiger partial charge on any atom is 0.230 e. The van der Waals surface area contributed by atoms with E-state index in [1.165, 1.54) is 11.3 Å². The van der Waals surface area contributed by atoms with Crippen molar-refractivity contribution in [1.29, 1.82) is 0 Å². The summed E-state index contributed by atoms with van der Waals surface area (Å²) >= 11 is 7.46. The summed E-state index contributed by atoms with van der Waals surface area (Å²) in [6.45, 7) is 0. The Labute approximate surface area is 176 Å². The quantitative estimate of drug-likeness (QED) is 0.474. The fraction of sp³-hybridized carbons (Fsp3) is 0.143. The highest BCUT2D eigenvalue weighted by Gasteiger charge is 2.14. The van der Waals surface area contributed by atoms with Gasteiger partial charge >= 0.3 is 0 Å². The molecule has 148 valence electrons. The maximum absolute atomic E-state index is 12.5. The predicted molar refractivity (Wildman–Crippen MR) is 115 cm³/mol. The molecule has 0 spiro atoms. The number of fused-ring (bicyclic) bond motifs is 1. The van der Waals surface area contributed by atoms with Gasteiger partial charge in [0.25, 0.3) is 0 Å². The number of carbonyl (C=O) groups is 1. The van der Waals surface area contributed by atoms with Crippen molar-refractivity contribution in [3.8, 4) is 22.8 Å². The standard InChI is InChI=1S/C21H18ClN3O3S/c1-27-18-7-6-13(8-19(18)28-2)17-11-25-16(12-29-21(25)24-17)10-20(26)23-15-5-3-4-14(22)9-15/h3-9,11-12H,10H2,1-2H3,(H,23,26). The number of methoxy groups -OCH3 is 2. The van der Waals surface area contributed by atoms with E-state index in [1.54, 1.807) is 38.5 Å². The number of aromatic nitrogens is 2. The van der Waals surface area contributed by atoms with Gasteiger partial charge in [-0.2, -0.15) is 0 Å². The van der Waals surface area contributed by atoms with Crippen LogP contribution < -0.4 is 14.8 Å². The molecule has 0 atom stereocenters. The fourth-order valence-corrected chi connectivity index (χ4v) is 4.09. The average Bonchev–Trinajstić information content (AvgIpc) is 3.29. The molecule has 0 saturated heterocycles. The van der Waals surface area contributed by atoms with E-state index in [0.717, 1.165) is 21.9 Å². The van der Waals surface area contributed by atoms with Gasteiger partial charge in [-0.3, -0.25) is 9.20 Å². The first-order chi connectivity index (χ1) is 14.1. The molecule has 2 heterocycles. The van der Waals surface area contributed by atoms with Crippen LogP contribution in [0.15, 0.2) is 54.0 Å². The predicted octanol–water partition coefficient (Wildman–Crippen LogP) is 4.91. The molecule has 4 aromatic rings. The number of carbonyl (C=O) groups excluding carboxylic acids is 1. The summed E-state index contributed by atoms with van der Waals surface area (Å²) in [6, 6.07) is 12.7. The van der Waals surface area contributed by atoms with E-state index < -0.39 is 0 Å². The third-order valence-corrected chi connectivity index (χ3v) is 5.54. The van der Waals surface area contributed by atoms with Gasteiger partial charge in [-0.1, -0.05) is 17.7 Å². The summed E-state index contributed by atoms with van der Waals surface area (Å²) in [7, 11) is 3.20. The molecule has 0 unspecified atom stereocenters. The Hall–Kier alpha value is -3.03. The minimum atomic E-state index is -0.117. The molecule has 0 radical (unpaired) electrons. The largest absolute Gasteiger partial charge is 0.493 e. The molecule has 0 aliphatic carbocycles. The molecule has 2 aromatic carbocycles. The van der Waals surface area contributed by atoms with Gasteiger partial charge in [-0.25, -0.2) is 4.98 Å². The van der Waals surface area contributed by atoms with Gasteiger partial charge in [0.15, 0.2) is 16.5 Å². The molecule has 4 rings (SSSR count). The normalized spacial score (nSPS) is 10.9. The zero-order valence-electron chi connectivity index (χ0n) is 15.8. The van der Waals surface area contributed by atoms with Crippen molar-refractivity contribution in [3.05, 3.63) is 64.8 Å². The number of hydrogen-bond acceptors (Lipinski definition) is 5. The van der Waals surface area contributed by atoms with Gasteiger partial charge in [0.2, 0.25) is 5.91 Å². The van der Waals surface area contributed by atoms with Crippen molar-refractivity contribution in [3.63, 3.8) is 0 Å². The summed E-state index contributed by atoms with van der Waals surface area (Å²) in [4.78, 5) is 17.9. The number of hydrogen-bond donors (Lipinski definition) is 1.